The van der Waals surface area contributed by atoms with E-state index in [9.17, 15) is 9.59 Å². The number of piperazine rings is 1. The first kappa shape index (κ1) is 54.0. The number of nitrogens with zero attached hydrogens (tertiary/aromatic N) is 7. The summed E-state index contributed by atoms with van der Waals surface area (Å²) in [4.78, 5) is 62.4. The Kier molecular flexibility index (Phi) is 15.3. The number of rotatable bonds is 12. The third-order valence-electron chi connectivity index (χ3n) is 18.0. The van der Waals surface area contributed by atoms with Gasteiger partial charge in [-0.2, -0.15) is 0 Å². The van der Waals surface area contributed by atoms with Crippen LogP contribution >= 0.6 is 11.3 Å². The van der Waals surface area contributed by atoms with E-state index in [1.54, 1.807) is 7.11 Å². The van der Waals surface area contributed by atoms with Crippen LogP contribution in [0.4, 0.5) is 5.69 Å². The van der Waals surface area contributed by atoms with Gasteiger partial charge < -0.3 is 43.2 Å². The van der Waals surface area contributed by atoms with Crippen LogP contribution < -0.4 is 15.6 Å². The number of fused-ring (bicyclic) bond motifs is 6. The van der Waals surface area contributed by atoms with Crippen LogP contribution in [-0.2, 0) is 55.8 Å². The number of hydrogen-bond acceptors (Lipinski definition) is 16. The molecule has 1 spiro atoms. The minimum atomic E-state index is -1.05. The third kappa shape index (κ3) is 10.9. The largest absolute Gasteiger partial charge is 0.464 e. The Morgan fingerprint density at radius 1 is 0.936 bits per heavy atom. The highest BCUT2D eigenvalue weighted by atomic mass is 32.1. The highest BCUT2D eigenvalue weighted by molar-refractivity contribution is 7.10. The molecule has 8 aliphatic rings. The first-order valence-corrected chi connectivity index (χ1v) is 29.8. The van der Waals surface area contributed by atoms with Gasteiger partial charge in [0.1, 0.15) is 23.2 Å². The van der Waals surface area contributed by atoms with Crippen LogP contribution in [0.5, 0.6) is 0 Å². The zero-order valence-electron chi connectivity index (χ0n) is 46.7. The number of carbonyl (C=O) groups is 3. The fourth-order valence-corrected chi connectivity index (χ4v) is 14.4. The summed E-state index contributed by atoms with van der Waals surface area (Å²) in [5.41, 5.74) is 10.2. The molecule has 0 radical (unpaired) electrons. The highest BCUT2D eigenvalue weighted by Crippen LogP contribution is 2.47. The summed E-state index contributed by atoms with van der Waals surface area (Å²) < 4.78 is 39.3. The summed E-state index contributed by atoms with van der Waals surface area (Å²) in [5.74, 6) is -1.08. The molecule has 2 N–H and O–H groups in total. The number of esters is 1. The molecule has 12 rings (SSSR count). The second-order valence-electron chi connectivity index (χ2n) is 25.2. The second-order valence-corrected chi connectivity index (χ2v) is 26.0. The molecular weight excluding hydrogens is 1010 g/mol. The maximum atomic E-state index is 15.4. The number of pyridine rings is 1. The monoisotopic (exact) mass is 1090 g/mol. The summed E-state index contributed by atoms with van der Waals surface area (Å²) in [6.07, 6.45) is 9.06. The second kappa shape index (κ2) is 22.1. The highest BCUT2D eigenvalue weighted by Gasteiger charge is 2.53. The Labute approximate surface area is 463 Å². The lowest BCUT2D eigenvalue weighted by Gasteiger charge is -2.55. The Balaban J connectivity index is 1.00. The fraction of sp³-hybridized carbons (Fsp3) is 0.678. The number of amides is 2. The Morgan fingerprint density at radius 3 is 2.46 bits per heavy atom. The summed E-state index contributed by atoms with van der Waals surface area (Å²) >= 11 is 1.51. The first-order chi connectivity index (χ1) is 37.7. The Morgan fingerprint density at radius 2 is 1.74 bits per heavy atom. The molecule has 6 saturated heterocycles. The number of hydrogen-bond donors (Lipinski definition) is 2. The van der Waals surface area contributed by atoms with Gasteiger partial charge in [0.05, 0.1) is 73.6 Å². The number of likely N-dealkylation sites (tertiary alicyclic amines) is 1. The van der Waals surface area contributed by atoms with E-state index in [1.165, 1.54) is 29.2 Å². The van der Waals surface area contributed by atoms with Crippen LogP contribution in [0.2, 0.25) is 0 Å². The van der Waals surface area contributed by atoms with Gasteiger partial charge in [-0.1, -0.05) is 33.8 Å². The minimum Gasteiger partial charge on any atom is -0.464 e. The molecular formula is C59H81N9O9S. The molecule has 1 aliphatic carbocycles. The van der Waals surface area contributed by atoms with Gasteiger partial charge in [0, 0.05) is 129 Å². The summed E-state index contributed by atoms with van der Waals surface area (Å²) in [6.45, 7) is 20.5. The van der Waals surface area contributed by atoms with Crippen molar-refractivity contribution in [1.82, 2.24) is 40.1 Å². The van der Waals surface area contributed by atoms with Crippen LogP contribution in [0.3, 0.4) is 0 Å². The zero-order valence-corrected chi connectivity index (χ0v) is 47.5. The van der Waals surface area contributed by atoms with E-state index in [0.717, 1.165) is 120 Å². The molecule has 2 amide bonds. The topological polar surface area (TPSA) is 174 Å². The van der Waals surface area contributed by atoms with Crippen molar-refractivity contribution in [3.05, 3.63) is 52.1 Å². The number of nitrogens with one attached hydrogen (secondary N) is 2. The minimum absolute atomic E-state index is 0.0455. The lowest BCUT2D eigenvalue weighted by molar-refractivity contribution is -0.186. The SMILES string of the molecule is CO[C@@H](C)c1ncc(N2CCN(C3CC3)CC2)cc1-c1c2c3cc(ccc3n1CCOC1CCOCC1)-c1csc(n1)[C@@H](N1CC3(CCCOC3)C1)[C@H](NC(=O)C1OCC1(C)C)C(=O)N1CCC[C@H](N1)C(=O)OCC(C)(C)C2. The number of ether oxygens (including phenoxy) is 6. The van der Waals surface area contributed by atoms with E-state index in [2.05, 4.69) is 80.4 Å². The van der Waals surface area contributed by atoms with Crippen molar-refractivity contribution in [2.45, 2.75) is 141 Å². The van der Waals surface area contributed by atoms with Gasteiger partial charge >= 0.3 is 5.97 Å². The van der Waals surface area contributed by atoms with Crippen LogP contribution in [-0.4, -0.2) is 177 Å². The molecule has 7 aliphatic heterocycles. The van der Waals surface area contributed by atoms with Crippen molar-refractivity contribution >= 4 is 45.7 Å². The van der Waals surface area contributed by atoms with E-state index in [-0.39, 0.29) is 36.0 Å². The Hall–Kier alpha value is -4.57. The predicted molar refractivity (Wildman–Crippen MR) is 297 cm³/mol. The van der Waals surface area contributed by atoms with Gasteiger partial charge in [0.15, 0.2) is 0 Å². The molecule has 18 nitrogen and oxygen atoms in total. The molecule has 19 heteroatoms. The number of aromatic nitrogens is 3. The number of hydrazine groups is 1. The number of anilines is 1. The molecule has 422 valence electrons. The quantitative estimate of drug-likeness (QED) is 0.143. The fourth-order valence-electron chi connectivity index (χ4n) is 13.4. The van der Waals surface area contributed by atoms with Crippen molar-refractivity contribution in [1.29, 1.82) is 0 Å². The van der Waals surface area contributed by atoms with Gasteiger partial charge in [0.25, 0.3) is 5.91 Å². The summed E-state index contributed by atoms with van der Waals surface area (Å²) in [6, 6.07) is 7.27. The van der Waals surface area contributed by atoms with E-state index < -0.39 is 41.0 Å². The van der Waals surface area contributed by atoms with Crippen molar-refractivity contribution in [2.75, 3.05) is 104 Å². The molecule has 1 aromatic carbocycles. The maximum absolute atomic E-state index is 15.4. The number of carbonyl (C=O) groups excluding carboxylic acids is 3. The lowest BCUT2D eigenvalue weighted by atomic mass is 9.74. The smallest absolute Gasteiger partial charge is 0.324 e. The van der Waals surface area contributed by atoms with Crippen molar-refractivity contribution in [3.8, 4) is 22.5 Å². The van der Waals surface area contributed by atoms with Crippen LogP contribution in [0.1, 0.15) is 114 Å². The molecule has 1 saturated carbocycles. The van der Waals surface area contributed by atoms with Crippen LogP contribution in [0.15, 0.2) is 35.8 Å². The molecule has 5 atom stereocenters. The van der Waals surface area contributed by atoms with E-state index in [0.29, 0.717) is 78.5 Å². The van der Waals surface area contributed by atoms with Gasteiger partial charge in [0.2, 0.25) is 5.91 Å². The Bertz CT molecular complexity index is 2840. The maximum Gasteiger partial charge on any atom is 0.324 e. The third-order valence-corrected chi connectivity index (χ3v) is 19.0. The van der Waals surface area contributed by atoms with Gasteiger partial charge in [-0.3, -0.25) is 34.2 Å². The van der Waals surface area contributed by atoms with Crippen molar-refractivity contribution in [2.24, 2.45) is 16.2 Å². The number of methoxy groups -OCH3 is 1. The molecule has 10 heterocycles. The number of thiazole rings is 1. The van der Waals surface area contributed by atoms with Crippen LogP contribution in [0, 0.1) is 16.2 Å². The standard InChI is InChI=1S/C59H81N9O9S/c1-37(72-6)48-43(28-40(30-60-48)65-20-18-64(19-21-65)39-11-12-39)50-44-29-57(2,3)34-77-56(71)45-9-7-17-68(63-45)55(70)49(62-53(69)52-58(4,5)35-76-52)51(66-32-59(33-66)16-8-23-74-36-59)54-61-46(31-78-54)38-10-13-47(42(44)27-38)67(50)22-26-75-41-14-24-73-25-15-41/h10,13,27-28,30-31,37,39,41,45,49,51-52,63H,7-9,11-12,14-26,29,32-36H2,1-6H3,(H,62,69)/t37-,45-,49-,51-,52?/m0/s1. The number of benzene rings is 1. The van der Waals surface area contributed by atoms with Crippen LogP contribution in [0.25, 0.3) is 33.4 Å². The van der Waals surface area contributed by atoms with Crippen molar-refractivity contribution < 1.29 is 42.8 Å². The van der Waals surface area contributed by atoms with Gasteiger partial charge in [-0.25, -0.2) is 10.4 Å². The summed E-state index contributed by atoms with van der Waals surface area (Å²) in [7, 11) is 1.75. The molecule has 7 fully saturated rings. The molecule has 6 bridgehead atoms. The lowest BCUT2D eigenvalue weighted by Crippen LogP contribution is -2.68. The normalized spacial score (nSPS) is 27.5. The average Bonchev–Trinajstić information content (AvgIpc) is 4.31. The average molecular weight is 1090 g/mol. The molecule has 3 aromatic heterocycles. The van der Waals surface area contributed by atoms with Crippen molar-refractivity contribution in [3.63, 3.8) is 0 Å². The van der Waals surface area contributed by atoms with Gasteiger partial charge in [-0.05, 0) is 88.5 Å². The number of cyclic esters (lactones) is 1. The van der Waals surface area contributed by atoms with E-state index >= 15 is 4.79 Å². The molecule has 78 heavy (non-hydrogen) atoms. The molecule has 1 unspecified atom stereocenters. The van der Waals surface area contributed by atoms with E-state index in [4.69, 9.17) is 38.4 Å². The summed E-state index contributed by atoms with van der Waals surface area (Å²) in [5, 5.41) is 8.66. The van der Waals surface area contributed by atoms with E-state index in [1.807, 2.05) is 20.0 Å². The zero-order chi connectivity index (χ0) is 53.9. The molecule has 4 aromatic rings. The van der Waals surface area contributed by atoms with Gasteiger partial charge in [-0.15, -0.1) is 11.3 Å². The first-order valence-electron chi connectivity index (χ1n) is 29.0. The predicted octanol–water partition coefficient (Wildman–Crippen LogP) is 6.70.